The minimum atomic E-state index is -0.564. The third-order valence-corrected chi connectivity index (χ3v) is 4.31. The topological polar surface area (TPSA) is 54.2 Å². The van der Waals surface area contributed by atoms with Crippen LogP contribution in [0.4, 0.5) is 8.78 Å². The molecular weight excluding hydrogens is 360 g/mol. The molecule has 0 radical (unpaired) electrons. The second-order valence-electron chi connectivity index (χ2n) is 6.35. The van der Waals surface area contributed by atoms with Gasteiger partial charge in [0, 0.05) is 38.6 Å². The lowest BCUT2D eigenvalue weighted by Crippen LogP contribution is -2.38. The number of aliphatic imine (C=N–C) groups is 1. The fourth-order valence-electron chi connectivity index (χ4n) is 2.93. The van der Waals surface area contributed by atoms with Crippen molar-refractivity contribution in [3.8, 4) is 0 Å². The Morgan fingerprint density at radius 1 is 1.04 bits per heavy atom. The second kappa shape index (κ2) is 9.64. The Morgan fingerprint density at radius 3 is 2.46 bits per heavy atom. The van der Waals surface area contributed by atoms with Gasteiger partial charge in [-0.05, 0) is 41.3 Å². The van der Waals surface area contributed by atoms with E-state index in [4.69, 9.17) is 0 Å². The van der Waals surface area contributed by atoms with Gasteiger partial charge in [0.2, 0.25) is 0 Å². The van der Waals surface area contributed by atoms with Crippen molar-refractivity contribution < 1.29 is 8.78 Å². The highest BCUT2D eigenvalue weighted by Crippen LogP contribution is 2.10. The molecule has 0 fully saturated rings. The maximum Gasteiger partial charge on any atom is 0.191 e. The van der Waals surface area contributed by atoms with Crippen molar-refractivity contribution in [1.82, 2.24) is 20.4 Å². The van der Waals surface area contributed by atoms with Gasteiger partial charge in [-0.2, -0.15) is 5.10 Å². The molecule has 3 rings (SSSR count). The van der Waals surface area contributed by atoms with Gasteiger partial charge in [-0.3, -0.25) is 9.67 Å². The summed E-state index contributed by atoms with van der Waals surface area (Å²) >= 11 is 0. The van der Waals surface area contributed by atoms with Crippen LogP contribution in [0.1, 0.15) is 16.7 Å². The molecule has 0 atom stereocenters. The molecule has 0 amide bonds. The van der Waals surface area contributed by atoms with Crippen molar-refractivity contribution in [2.75, 3.05) is 13.6 Å². The van der Waals surface area contributed by atoms with Gasteiger partial charge in [0.15, 0.2) is 5.96 Å². The molecule has 0 saturated carbocycles. The van der Waals surface area contributed by atoms with E-state index >= 15 is 0 Å². The summed E-state index contributed by atoms with van der Waals surface area (Å²) < 4.78 is 28.4. The van der Waals surface area contributed by atoms with Gasteiger partial charge in [-0.1, -0.05) is 24.3 Å². The van der Waals surface area contributed by atoms with Gasteiger partial charge in [-0.15, -0.1) is 0 Å². The molecule has 0 spiro atoms. The maximum atomic E-state index is 13.3. The number of hydrogen-bond donors (Lipinski definition) is 2. The molecule has 2 aromatic carbocycles. The number of guanidine groups is 1. The van der Waals surface area contributed by atoms with Crippen molar-refractivity contribution in [3.63, 3.8) is 0 Å². The van der Waals surface area contributed by atoms with Crippen molar-refractivity contribution in [3.05, 3.63) is 89.2 Å². The second-order valence-corrected chi connectivity index (χ2v) is 6.35. The van der Waals surface area contributed by atoms with Crippen LogP contribution in [0.3, 0.4) is 0 Å². The first-order chi connectivity index (χ1) is 13.6. The molecule has 0 aliphatic rings. The van der Waals surface area contributed by atoms with Gasteiger partial charge in [-0.25, -0.2) is 8.78 Å². The number of hydrogen-bond acceptors (Lipinski definition) is 2. The predicted octanol–water partition coefficient (Wildman–Crippen LogP) is 3.12. The van der Waals surface area contributed by atoms with Crippen LogP contribution in [0.2, 0.25) is 0 Å². The Labute approximate surface area is 163 Å². The first-order valence-electron chi connectivity index (χ1n) is 9.08. The lowest BCUT2D eigenvalue weighted by Gasteiger charge is -2.14. The standard InChI is InChI=1S/C21H23F2N5/c1-24-21(25-9-7-16-11-19(22)13-20(23)12-16)26-14-17-5-2-3-6-18(17)15-28-10-4-8-27-28/h2-6,8,10-13H,7,9,14-15H2,1H3,(H2,24,25,26). The van der Waals surface area contributed by atoms with Crippen molar-refractivity contribution in [1.29, 1.82) is 0 Å². The van der Waals surface area contributed by atoms with E-state index in [9.17, 15) is 8.78 Å². The first kappa shape index (κ1) is 19.5. The Bertz CT molecular complexity index is 902. The van der Waals surface area contributed by atoms with E-state index in [0.29, 0.717) is 37.6 Å². The summed E-state index contributed by atoms with van der Waals surface area (Å²) in [5.41, 5.74) is 2.92. The minimum absolute atomic E-state index is 0.491. The SMILES string of the molecule is CN=C(NCCc1cc(F)cc(F)c1)NCc1ccccc1Cn1cccn1. The number of rotatable bonds is 7. The van der Waals surface area contributed by atoms with Gasteiger partial charge >= 0.3 is 0 Å². The highest BCUT2D eigenvalue weighted by atomic mass is 19.1. The summed E-state index contributed by atoms with van der Waals surface area (Å²) in [6, 6.07) is 13.6. The summed E-state index contributed by atoms with van der Waals surface area (Å²) in [6.45, 7) is 1.81. The number of aromatic nitrogens is 2. The first-order valence-corrected chi connectivity index (χ1v) is 9.08. The Hall–Kier alpha value is -3.22. The molecule has 0 aliphatic heterocycles. The van der Waals surface area contributed by atoms with Crippen LogP contribution in [-0.4, -0.2) is 29.3 Å². The molecule has 0 unspecified atom stereocenters. The van der Waals surface area contributed by atoms with E-state index in [2.05, 4.69) is 32.9 Å². The summed E-state index contributed by atoms with van der Waals surface area (Å²) in [5, 5.41) is 10.7. The monoisotopic (exact) mass is 383 g/mol. The van der Waals surface area contributed by atoms with E-state index in [0.717, 1.165) is 11.6 Å². The largest absolute Gasteiger partial charge is 0.356 e. The van der Waals surface area contributed by atoms with Crippen LogP contribution >= 0.6 is 0 Å². The summed E-state index contributed by atoms with van der Waals surface area (Å²) in [6.07, 6.45) is 4.18. The lowest BCUT2D eigenvalue weighted by atomic mass is 10.1. The number of benzene rings is 2. The van der Waals surface area contributed by atoms with Crippen LogP contribution in [0.25, 0.3) is 0 Å². The maximum absolute atomic E-state index is 13.3. The van der Waals surface area contributed by atoms with Gasteiger partial charge in [0.25, 0.3) is 0 Å². The van der Waals surface area contributed by atoms with E-state index in [-0.39, 0.29) is 0 Å². The van der Waals surface area contributed by atoms with Gasteiger partial charge < -0.3 is 10.6 Å². The molecule has 1 aromatic heterocycles. The highest BCUT2D eigenvalue weighted by Gasteiger charge is 2.05. The predicted molar refractivity (Wildman–Crippen MR) is 106 cm³/mol. The molecule has 0 saturated heterocycles. The summed E-state index contributed by atoms with van der Waals surface area (Å²) in [4.78, 5) is 4.20. The van der Waals surface area contributed by atoms with Crippen LogP contribution in [0.5, 0.6) is 0 Å². The van der Waals surface area contributed by atoms with Crippen LogP contribution in [0, 0.1) is 11.6 Å². The van der Waals surface area contributed by atoms with Gasteiger partial charge in [0.05, 0.1) is 6.54 Å². The van der Waals surface area contributed by atoms with Crippen molar-refractivity contribution in [2.24, 2.45) is 4.99 Å². The highest BCUT2D eigenvalue weighted by molar-refractivity contribution is 5.79. The molecular formula is C21H23F2N5. The zero-order chi connectivity index (χ0) is 19.8. The zero-order valence-corrected chi connectivity index (χ0v) is 15.7. The molecule has 0 aliphatic carbocycles. The third kappa shape index (κ3) is 5.64. The zero-order valence-electron chi connectivity index (χ0n) is 15.7. The Morgan fingerprint density at radius 2 is 1.79 bits per heavy atom. The van der Waals surface area contributed by atoms with Crippen LogP contribution < -0.4 is 10.6 Å². The summed E-state index contributed by atoms with van der Waals surface area (Å²) in [5.74, 6) is -0.497. The summed E-state index contributed by atoms with van der Waals surface area (Å²) in [7, 11) is 1.69. The number of nitrogens with one attached hydrogen (secondary N) is 2. The number of nitrogens with zero attached hydrogens (tertiary/aromatic N) is 3. The fourth-order valence-corrected chi connectivity index (χ4v) is 2.93. The molecule has 28 heavy (non-hydrogen) atoms. The van der Waals surface area contributed by atoms with E-state index in [1.54, 1.807) is 13.2 Å². The van der Waals surface area contributed by atoms with E-state index in [1.165, 1.54) is 17.7 Å². The average molecular weight is 383 g/mol. The van der Waals surface area contributed by atoms with E-state index in [1.807, 2.05) is 29.1 Å². The Balaban J connectivity index is 1.53. The molecule has 2 N–H and O–H groups in total. The normalized spacial score (nSPS) is 11.5. The van der Waals surface area contributed by atoms with Crippen molar-refractivity contribution >= 4 is 5.96 Å². The number of halogens is 2. The third-order valence-electron chi connectivity index (χ3n) is 4.31. The van der Waals surface area contributed by atoms with Crippen LogP contribution in [-0.2, 0) is 19.5 Å². The molecule has 1 heterocycles. The molecule has 0 bridgehead atoms. The molecule has 7 heteroatoms. The molecule has 3 aromatic rings. The van der Waals surface area contributed by atoms with E-state index < -0.39 is 11.6 Å². The minimum Gasteiger partial charge on any atom is -0.356 e. The Kier molecular flexibility index (Phi) is 6.73. The molecule has 146 valence electrons. The fraction of sp³-hybridized carbons (Fsp3) is 0.238. The van der Waals surface area contributed by atoms with Crippen molar-refractivity contribution in [2.45, 2.75) is 19.5 Å². The lowest BCUT2D eigenvalue weighted by molar-refractivity contribution is 0.579. The van der Waals surface area contributed by atoms with Gasteiger partial charge in [0.1, 0.15) is 11.6 Å². The smallest absolute Gasteiger partial charge is 0.191 e. The average Bonchev–Trinajstić information content (AvgIpc) is 3.18. The quantitative estimate of drug-likeness (QED) is 0.487. The molecule has 5 nitrogen and oxygen atoms in total. The van der Waals surface area contributed by atoms with Crippen LogP contribution in [0.15, 0.2) is 65.9 Å².